The summed E-state index contributed by atoms with van der Waals surface area (Å²) >= 11 is 5.24. The Morgan fingerprint density at radius 1 is 1.29 bits per heavy atom. The SMILES string of the molecule is C/C(=N/NC(=S)NC[C@H]1CCCO1)c1ccc(OCC(=O)N2CCCC2)cc1. The standard InChI is InChI=1S/C20H28N4O3S/c1-15(22-23-20(28)21-13-18-5-4-12-26-18)16-6-8-17(9-7-16)27-14-19(25)24-10-2-3-11-24/h6-9,18H,2-5,10-14H2,1H3,(H2,21,23,28)/b22-15-/t18-/m1/s1. The first kappa shape index (κ1) is 20.5. The maximum absolute atomic E-state index is 12.0. The van der Waals surface area contributed by atoms with Crippen LogP contribution in [0.4, 0.5) is 0 Å². The third kappa shape index (κ3) is 6.17. The first-order valence-corrected chi connectivity index (χ1v) is 10.2. The highest BCUT2D eigenvalue weighted by atomic mass is 32.1. The van der Waals surface area contributed by atoms with Crippen LogP contribution in [0.15, 0.2) is 29.4 Å². The Balaban J connectivity index is 1.41. The summed E-state index contributed by atoms with van der Waals surface area (Å²) in [5.74, 6) is 0.721. The maximum Gasteiger partial charge on any atom is 0.260 e. The van der Waals surface area contributed by atoms with Crippen molar-refractivity contribution in [3.05, 3.63) is 29.8 Å². The van der Waals surface area contributed by atoms with Crippen molar-refractivity contribution in [2.45, 2.75) is 38.7 Å². The molecule has 2 N–H and O–H groups in total. The molecule has 3 rings (SSSR count). The summed E-state index contributed by atoms with van der Waals surface area (Å²) in [5.41, 5.74) is 4.62. The van der Waals surface area contributed by atoms with Crippen LogP contribution in [-0.2, 0) is 9.53 Å². The van der Waals surface area contributed by atoms with Crippen molar-refractivity contribution in [1.29, 1.82) is 0 Å². The third-order valence-electron chi connectivity index (χ3n) is 4.93. The molecule has 0 aromatic heterocycles. The zero-order chi connectivity index (χ0) is 19.8. The molecule has 0 unspecified atom stereocenters. The Kier molecular flexibility index (Phi) is 7.62. The van der Waals surface area contributed by atoms with E-state index in [0.29, 0.717) is 17.4 Å². The van der Waals surface area contributed by atoms with E-state index in [0.717, 1.165) is 56.7 Å². The number of likely N-dealkylation sites (tertiary alicyclic amines) is 1. The van der Waals surface area contributed by atoms with E-state index in [1.165, 1.54) is 0 Å². The predicted octanol–water partition coefficient (Wildman–Crippen LogP) is 2.05. The molecular formula is C20H28N4O3S. The summed E-state index contributed by atoms with van der Waals surface area (Å²) in [5, 5.41) is 7.92. The molecule has 152 valence electrons. The lowest BCUT2D eigenvalue weighted by Gasteiger charge is -2.15. The summed E-state index contributed by atoms with van der Waals surface area (Å²) < 4.78 is 11.2. The molecule has 1 atom stereocenters. The largest absolute Gasteiger partial charge is 0.484 e. The fraction of sp³-hybridized carbons (Fsp3) is 0.550. The van der Waals surface area contributed by atoms with Crippen molar-refractivity contribution in [2.24, 2.45) is 5.10 Å². The van der Waals surface area contributed by atoms with Gasteiger partial charge in [-0.3, -0.25) is 10.2 Å². The number of benzene rings is 1. The smallest absolute Gasteiger partial charge is 0.260 e. The number of nitrogens with one attached hydrogen (secondary N) is 2. The first-order chi connectivity index (χ1) is 13.6. The highest BCUT2D eigenvalue weighted by Gasteiger charge is 2.18. The zero-order valence-electron chi connectivity index (χ0n) is 16.3. The van der Waals surface area contributed by atoms with Crippen LogP contribution in [0.1, 0.15) is 38.2 Å². The number of hydrogen-bond donors (Lipinski definition) is 2. The second-order valence-corrected chi connectivity index (χ2v) is 7.46. The zero-order valence-corrected chi connectivity index (χ0v) is 17.1. The Labute approximate surface area is 171 Å². The number of carbonyl (C=O) groups is 1. The molecule has 1 aromatic rings. The first-order valence-electron chi connectivity index (χ1n) is 9.82. The quantitative estimate of drug-likeness (QED) is 0.412. The molecule has 0 spiro atoms. The van der Waals surface area contributed by atoms with Crippen molar-refractivity contribution in [1.82, 2.24) is 15.6 Å². The molecule has 2 heterocycles. The molecule has 2 aliphatic heterocycles. The third-order valence-corrected chi connectivity index (χ3v) is 5.17. The number of carbonyl (C=O) groups excluding carboxylic acids is 1. The van der Waals surface area contributed by atoms with Crippen LogP contribution < -0.4 is 15.5 Å². The highest BCUT2D eigenvalue weighted by Crippen LogP contribution is 2.14. The van der Waals surface area contributed by atoms with Crippen molar-refractivity contribution >= 4 is 28.9 Å². The molecule has 1 amide bonds. The molecule has 0 radical (unpaired) electrons. The van der Waals surface area contributed by atoms with Crippen LogP contribution in [0.2, 0.25) is 0 Å². The second-order valence-electron chi connectivity index (χ2n) is 7.06. The van der Waals surface area contributed by atoms with Crippen molar-refractivity contribution in [3.63, 3.8) is 0 Å². The number of nitrogens with zero attached hydrogens (tertiary/aromatic N) is 2. The summed E-state index contributed by atoms with van der Waals surface area (Å²) in [4.78, 5) is 13.9. The lowest BCUT2D eigenvalue weighted by atomic mass is 10.1. The normalized spacial score (nSPS) is 19.5. The summed E-state index contributed by atoms with van der Waals surface area (Å²) in [6.45, 7) is 5.20. The highest BCUT2D eigenvalue weighted by molar-refractivity contribution is 7.80. The minimum Gasteiger partial charge on any atom is -0.484 e. The molecule has 2 fully saturated rings. The van der Waals surface area contributed by atoms with Gasteiger partial charge in [0.1, 0.15) is 5.75 Å². The molecule has 8 heteroatoms. The lowest BCUT2D eigenvalue weighted by molar-refractivity contribution is -0.132. The van der Waals surface area contributed by atoms with Crippen LogP contribution in [0.5, 0.6) is 5.75 Å². The number of thiocarbonyl (C=S) groups is 1. The average Bonchev–Trinajstić information content (AvgIpc) is 3.43. The van der Waals surface area contributed by atoms with Gasteiger partial charge in [-0.25, -0.2) is 0 Å². The summed E-state index contributed by atoms with van der Waals surface area (Å²) in [6, 6.07) is 7.53. The van der Waals surface area contributed by atoms with Gasteiger partial charge < -0.3 is 19.7 Å². The number of ether oxygens (including phenoxy) is 2. The van der Waals surface area contributed by atoms with E-state index in [4.69, 9.17) is 21.7 Å². The van der Waals surface area contributed by atoms with E-state index < -0.39 is 0 Å². The van der Waals surface area contributed by atoms with Crippen molar-refractivity contribution in [3.8, 4) is 5.75 Å². The van der Waals surface area contributed by atoms with Gasteiger partial charge >= 0.3 is 0 Å². The van der Waals surface area contributed by atoms with Gasteiger partial charge in [0.25, 0.3) is 5.91 Å². The minimum absolute atomic E-state index is 0.0486. The number of hydrogen-bond acceptors (Lipinski definition) is 5. The number of hydrazone groups is 1. The molecule has 1 aromatic carbocycles. The van der Waals surface area contributed by atoms with E-state index in [1.807, 2.05) is 36.1 Å². The molecule has 7 nitrogen and oxygen atoms in total. The van der Waals surface area contributed by atoms with Gasteiger partial charge in [0.05, 0.1) is 11.8 Å². The van der Waals surface area contributed by atoms with Crippen molar-refractivity contribution < 1.29 is 14.3 Å². The Hall–Kier alpha value is -2.19. The molecular weight excluding hydrogens is 376 g/mol. The van der Waals surface area contributed by atoms with Crippen LogP contribution in [0.25, 0.3) is 0 Å². The monoisotopic (exact) mass is 404 g/mol. The van der Waals surface area contributed by atoms with Crippen LogP contribution in [0, 0.1) is 0 Å². The molecule has 2 aliphatic rings. The maximum atomic E-state index is 12.0. The van der Waals surface area contributed by atoms with E-state index in [1.54, 1.807) is 0 Å². The van der Waals surface area contributed by atoms with Crippen molar-refractivity contribution in [2.75, 3.05) is 32.8 Å². The molecule has 2 saturated heterocycles. The van der Waals surface area contributed by atoms with Crippen LogP contribution >= 0.6 is 12.2 Å². The summed E-state index contributed by atoms with van der Waals surface area (Å²) in [7, 11) is 0. The summed E-state index contributed by atoms with van der Waals surface area (Å²) in [6.07, 6.45) is 4.57. The minimum atomic E-state index is 0.0486. The molecule has 0 bridgehead atoms. The van der Waals surface area contributed by atoms with E-state index in [-0.39, 0.29) is 18.6 Å². The van der Waals surface area contributed by atoms with E-state index in [2.05, 4.69) is 15.8 Å². The van der Waals surface area contributed by atoms with Gasteiger partial charge in [0.15, 0.2) is 11.7 Å². The fourth-order valence-electron chi connectivity index (χ4n) is 3.25. The Morgan fingerprint density at radius 2 is 2.04 bits per heavy atom. The lowest BCUT2D eigenvalue weighted by Crippen LogP contribution is -2.37. The number of rotatable bonds is 7. The van der Waals surface area contributed by atoms with Gasteiger partial charge in [-0.2, -0.15) is 5.10 Å². The van der Waals surface area contributed by atoms with Gasteiger partial charge in [-0.05, 0) is 74.7 Å². The number of amides is 1. The molecule has 0 saturated carbocycles. The Bertz CT molecular complexity index is 696. The molecule has 0 aliphatic carbocycles. The van der Waals surface area contributed by atoms with Gasteiger partial charge in [0.2, 0.25) is 0 Å². The predicted molar refractivity (Wildman–Crippen MR) is 113 cm³/mol. The van der Waals surface area contributed by atoms with Gasteiger partial charge in [-0.1, -0.05) is 0 Å². The van der Waals surface area contributed by atoms with Crippen LogP contribution in [0.3, 0.4) is 0 Å². The van der Waals surface area contributed by atoms with E-state index in [9.17, 15) is 4.79 Å². The second kappa shape index (κ2) is 10.4. The average molecular weight is 405 g/mol. The van der Waals surface area contributed by atoms with Crippen LogP contribution in [-0.4, -0.2) is 60.6 Å². The topological polar surface area (TPSA) is 75.2 Å². The van der Waals surface area contributed by atoms with Gasteiger partial charge in [0, 0.05) is 26.2 Å². The van der Waals surface area contributed by atoms with E-state index >= 15 is 0 Å². The fourth-order valence-corrected chi connectivity index (χ4v) is 3.37. The van der Waals surface area contributed by atoms with Gasteiger partial charge in [-0.15, -0.1) is 0 Å². The molecule has 28 heavy (non-hydrogen) atoms. The Morgan fingerprint density at radius 3 is 2.71 bits per heavy atom.